The Kier molecular flexibility index (Phi) is 3.50. The largest absolute Gasteiger partial charge is 0.368 e. The van der Waals surface area contributed by atoms with Crippen LogP contribution in [0.2, 0.25) is 0 Å². The monoisotopic (exact) mass is 225 g/mol. The summed E-state index contributed by atoms with van der Waals surface area (Å²) in [7, 11) is 0. The van der Waals surface area contributed by atoms with E-state index in [1.807, 2.05) is 0 Å². The Bertz CT molecular complexity index is 255. The summed E-state index contributed by atoms with van der Waals surface area (Å²) in [5.41, 5.74) is 5.15. The molecule has 1 amide bonds. The predicted molar refractivity (Wildman–Crippen MR) is 64.0 cm³/mol. The van der Waals surface area contributed by atoms with E-state index in [4.69, 9.17) is 5.73 Å². The topological polar surface area (TPSA) is 58.4 Å². The Balaban J connectivity index is 1.90. The van der Waals surface area contributed by atoms with E-state index in [0.29, 0.717) is 0 Å². The first kappa shape index (κ1) is 11.9. The lowest BCUT2D eigenvalue weighted by Gasteiger charge is -2.40. The molecule has 0 bridgehead atoms. The number of primary amides is 1. The van der Waals surface area contributed by atoms with Crippen LogP contribution in [0.15, 0.2) is 0 Å². The third-order valence-electron chi connectivity index (χ3n) is 4.05. The summed E-state index contributed by atoms with van der Waals surface area (Å²) >= 11 is 0. The molecule has 3 N–H and O–H groups in total. The van der Waals surface area contributed by atoms with Gasteiger partial charge < -0.3 is 16.0 Å². The number of hydrogen-bond donors (Lipinski definition) is 2. The van der Waals surface area contributed by atoms with Crippen molar-refractivity contribution in [3.63, 3.8) is 0 Å². The Hall–Kier alpha value is -0.610. The fourth-order valence-electron chi connectivity index (χ4n) is 2.42. The normalized spacial score (nSPS) is 25.6. The van der Waals surface area contributed by atoms with Crippen LogP contribution in [0.1, 0.15) is 32.6 Å². The Morgan fingerprint density at radius 3 is 2.50 bits per heavy atom. The van der Waals surface area contributed by atoms with Gasteiger partial charge in [0.2, 0.25) is 5.91 Å². The summed E-state index contributed by atoms with van der Waals surface area (Å²) in [4.78, 5) is 14.0. The summed E-state index contributed by atoms with van der Waals surface area (Å²) in [6.07, 6.45) is 4.34. The molecule has 16 heavy (non-hydrogen) atoms. The number of carbonyl (C=O) groups is 1. The van der Waals surface area contributed by atoms with Gasteiger partial charge in [-0.25, -0.2) is 0 Å². The first-order valence-corrected chi connectivity index (χ1v) is 6.43. The number of hydrogen-bond acceptors (Lipinski definition) is 3. The summed E-state index contributed by atoms with van der Waals surface area (Å²) in [6, 6.07) is 0. The standard InChI is InChI=1S/C12H23N3O/c1-2-15-7-5-12(6-8-15,11(13)16)14-9-10-3-4-10/h10,14H,2-9H2,1H3,(H2,13,16). The molecule has 0 atom stereocenters. The van der Waals surface area contributed by atoms with Gasteiger partial charge in [0.05, 0.1) is 0 Å². The van der Waals surface area contributed by atoms with Crippen LogP contribution >= 0.6 is 0 Å². The van der Waals surface area contributed by atoms with Gasteiger partial charge in [-0.1, -0.05) is 6.92 Å². The maximum atomic E-state index is 11.6. The quantitative estimate of drug-likeness (QED) is 0.709. The van der Waals surface area contributed by atoms with Crippen molar-refractivity contribution < 1.29 is 4.79 Å². The predicted octanol–water partition coefficient (Wildman–Crippen LogP) is 0.326. The summed E-state index contributed by atoms with van der Waals surface area (Å²) in [5, 5.41) is 3.44. The first-order valence-electron chi connectivity index (χ1n) is 6.43. The minimum atomic E-state index is -0.422. The van der Waals surface area contributed by atoms with Crippen LogP contribution in [-0.4, -0.2) is 42.5 Å². The molecule has 92 valence electrons. The highest BCUT2D eigenvalue weighted by Crippen LogP contribution is 2.30. The molecule has 1 aliphatic heterocycles. The molecular formula is C12H23N3O. The van der Waals surface area contributed by atoms with Crippen LogP contribution in [0.3, 0.4) is 0 Å². The second-order valence-corrected chi connectivity index (χ2v) is 5.20. The summed E-state index contributed by atoms with van der Waals surface area (Å²) < 4.78 is 0. The maximum absolute atomic E-state index is 11.6. The highest BCUT2D eigenvalue weighted by atomic mass is 16.1. The number of nitrogens with zero attached hydrogens (tertiary/aromatic N) is 1. The molecule has 0 aromatic heterocycles. The molecule has 1 saturated heterocycles. The van der Waals surface area contributed by atoms with Gasteiger partial charge in [-0.3, -0.25) is 4.79 Å². The minimum Gasteiger partial charge on any atom is -0.368 e. The van der Waals surface area contributed by atoms with E-state index in [1.54, 1.807) is 0 Å². The Morgan fingerprint density at radius 2 is 2.06 bits per heavy atom. The van der Waals surface area contributed by atoms with Crippen molar-refractivity contribution in [2.24, 2.45) is 11.7 Å². The highest BCUT2D eigenvalue weighted by Gasteiger charge is 2.40. The van der Waals surface area contributed by atoms with Crippen molar-refractivity contribution in [1.82, 2.24) is 10.2 Å². The third-order valence-corrected chi connectivity index (χ3v) is 4.05. The maximum Gasteiger partial charge on any atom is 0.237 e. The number of nitrogens with two attached hydrogens (primary N) is 1. The Morgan fingerprint density at radius 1 is 1.44 bits per heavy atom. The minimum absolute atomic E-state index is 0.163. The molecular weight excluding hydrogens is 202 g/mol. The second kappa shape index (κ2) is 4.72. The van der Waals surface area contributed by atoms with Gasteiger partial charge in [0, 0.05) is 13.1 Å². The van der Waals surface area contributed by atoms with Crippen molar-refractivity contribution in [1.29, 1.82) is 0 Å². The van der Waals surface area contributed by atoms with E-state index < -0.39 is 5.54 Å². The average Bonchev–Trinajstić information content (AvgIpc) is 3.10. The lowest BCUT2D eigenvalue weighted by atomic mass is 9.86. The number of rotatable bonds is 5. The number of amides is 1. The van der Waals surface area contributed by atoms with Crippen LogP contribution in [0.4, 0.5) is 0 Å². The van der Waals surface area contributed by atoms with E-state index in [2.05, 4.69) is 17.1 Å². The molecule has 0 aromatic rings. The Labute approximate surface area is 97.6 Å². The molecule has 1 heterocycles. The zero-order valence-corrected chi connectivity index (χ0v) is 10.2. The first-order chi connectivity index (χ1) is 7.66. The SMILES string of the molecule is CCN1CCC(NCC2CC2)(C(N)=O)CC1. The van der Waals surface area contributed by atoms with E-state index in [-0.39, 0.29) is 5.91 Å². The molecule has 0 aromatic carbocycles. The molecule has 2 fully saturated rings. The number of likely N-dealkylation sites (tertiary alicyclic amines) is 1. The van der Waals surface area contributed by atoms with Gasteiger partial charge in [0.15, 0.2) is 0 Å². The van der Waals surface area contributed by atoms with Crippen molar-refractivity contribution >= 4 is 5.91 Å². The molecule has 1 saturated carbocycles. The smallest absolute Gasteiger partial charge is 0.237 e. The van der Waals surface area contributed by atoms with Crippen LogP contribution in [0.5, 0.6) is 0 Å². The molecule has 4 heteroatoms. The van der Waals surface area contributed by atoms with E-state index >= 15 is 0 Å². The van der Waals surface area contributed by atoms with E-state index in [9.17, 15) is 4.79 Å². The molecule has 0 unspecified atom stereocenters. The van der Waals surface area contributed by atoms with Gasteiger partial charge in [-0.05, 0) is 44.7 Å². The van der Waals surface area contributed by atoms with Crippen molar-refractivity contribution in [3.8, 4) is 0 Å². The highest BCUT2D eigenvalue weighted by molar-refractivity contribution is 5.84. The van der Waals surface area contributed by atoms with Crippen molar-refractivity contribution in [2.75, 3.05) is 26.2 Å². The van der Waals surface area contributed by atoms with Gasteiger partial charge in [-0.2, -0.15) is 0 Å². The van der Waals surface area contributed by atoms with Gasteiger partial charge in [0.1, 0.15) is 5.54 Å². The second-order valence-electron chi connectivity index (χ2n) is 5.20. The fraction of sp³-hybridized carbons (Fsp3) is 0.917. The van der Waals surface area contributed by atoms with Crippen LogP contribution in [0.25, 0.3) is 0 Å². The van der Waals surface area contributed by atoms with Crippen molar-refractivity contribution in [3.05, 3.63) is 0 Å². The number of carbonyl (C=O) groups excluding carboxylic acids is 1. The molecule has 0 spiro atoms. The molecule has 0 radical (unpaired) electrons. The van der Waals surface area contributed by atoms with Gasteiger partial charge in [-0.15, -0.1) is 0 Å². The van der Waals surface area contributed by atoms with E-state index in [0.717, 1.165) is 44.9 Å². The average molecular weight is 225 g/mol. The summed E-state index contributed by atoms with van der Waals surface area (Å²) in [6.45, 7) is 6.16. The third kappa shape index (κ3) is 2.55. The zero-order chi connectivity index (χ0) is 11.6. The molecule has 1 aliphatic carbocycles. The van der Waals surface area contributed by atoms with Crippen LogP contribution in [0, 0.1) is 5.92 Å². The van der Waals surface area contributed by atoms with Gasteiger partial charge >= 0.3 is 0 Å². The molecule has 2 rings (SSSR count). The van der Waals surface area contributed by atoms with Crippen LogP contribution in [-0.2, 0) is 4.79 Å². The van der Waals surface area contributed by atoms with Crippen molar-refractivity contribution in [2.45, 2.75) is 38.1 Å². The number of piperidine rings is 1. The molecule has 2 aliphatic rings. The lowest BCUT2D eigenvalue weighted by molar-refractivity contribution is -0.126. The zero-order valence-electron chi connectivity index (χ0n) is 10.2. The lowest BCUT2D eigenvalue weighted by Crippen LogP contribution is -2.61. The fourth-order valence-corrected chi connectivity index (χ4v) is 2.42. The molecule has 4 nitrogen and oxygen atoms in total. The number of nitrogens with one attached hydrogen (secondary N) is 1. The van der Waals surface area contributed by atoms with E-state index in [1.165, 1.54) is 12.8 Å². The summed E-state index contributed by atoms with van der Waals surface area (Å²) in [5.74, 6) is 0.629. The van der Waals surface area contributed by atoms with Gasteiger partial charge in [0.25, 0.3) is 0 Å². The van der Waals surface area contributed by atoms with Crippen LogP contribution < -0.4 is 11.1 Å².